The normalized spacial score (nSPS) is 12.4. The van der Waals surface area contributed by atoms with Gasteiger partial charge >= 0.3 is 12.0 Å². The zero-order valence-electron chi connectivity index (χ0n) is 24.8. The molecule has 0 atom stereocenters. The van der Waals surface area contributed by atoms with Gasteiger partial charge in [0.25, 0.3) is 0 Å². The molecule has 0 aliphatic carbocycles. The topological polar surface area (TPSA) is 135 Å². The Hall–Kier alpha value is -5.03. The Morgan fingerprint density at radius 2 is 1.93 bits per heavy atom. The zero-order valence-corrected chi connectivity index (χ0v) is 25.5. The van der Waals surface area contributed by atoms with E-state index < -0.39 is 18.5 Å². The summed E-state index contributed by atoms with van der Waals surface area (Å²) in [6, 6.07) is 17.9. The first-order valence-corrected chi connectivity index (χ1v) is 15.0. The van der Waals surface area contributed by atoms with E-state index >= 15 is 0 Å². The highest BCUT2D eigenvalue weighted by molar-refractivity contribution is 6.31. The number of amides is 3. The minimum atomic E-state index is -1.13. The number of carboxylic acid groups (broad SMARTS) is 1. The van der Waals surface area contributed by atoms with Crippen LogP contribution in [0.15, 0.2) is 73.1 Å². The summed E-state index contributed by atoms with van der Waals surface area (Å²) >= 11 is 6.19. The summed E-state index contributed by atoms with van der Waals surface area (Å²) in [6.07, 6.45) is 5.26. The number of fused-ring (bicyclic) bond motifs is 1. The average Bonchev–Trinajstić information content (AvgIpc) is 3.37. The number of urea groups is 1. The largest absolute Gasteiger partial charge is 0.493 e. The van der Waals surface area contributed by atoms with Crippen molar-refractivity contribution in [3.63, 3.8) is 0 Å². The van der Waals surface area contributed by atoms with Crippen LogP contribution in [0.4, 0.5) is 16.2 Å². The number of carbonyl (C=O) groups excluding carboxylic acids is 2. The molecule has 5 rings (SSSR count). The van der Waals surface area contributed by atoms with Gasteiger partial charge < -0.3 is 30.1 Å². The number of benzene rings is 3. The molecule has 0 fully saturated rings. The van der Waals surface area contributed by atoms with Gasteiger partial charge in [-0.15, -0.1) is 0 Å². The molecular formula is C33H34ClN5O6. The number of rotatable bonds is 11. The molecule has 0 spiro atoms. The van der Waals surface area contributed by atoms with Crippen molar-refractivity contribution in [1.29, 1.82) is 0 Å². The number of hydrogen-bond acceptors (Lipinski definition) is 6. The van der Waals surface area contributed by atoms with Crippen molar-refractivity contribution >= 4 is 40.9 Å². The minimum absolute atomic E-state index is 0.00569. The van der Waals surface area contributed by atoms with Gasteiger partial charge in [0, 0.05) is 46.6 Å². The predicted molar refractivity (Wildman–Crippen MR) is 171 cm³/mol. The van der Waals surface area contributed by atoms with Crippen molar-refractivity contribution in [3.8, 4) is 22.6 Å². The fraction of sp³-hybridized carbons (Fsp3) is 0.273. The molecule has 1 aliphatic rings. The van der Waals surface area contributed by atoms with E-state index in [9.17, 15) is 14.4 Å². The maximum atomic E-state index is 13.4. The molecule has 0 saturated carbocycles. The molecular weight excluding hydrogens is 598 g/mol. The van der Waals surface area contributed by atoms with Crippen LogP contribution in [-0.4, -0.2) is 59.1 Å². The molecule has 1 aliphatic heterocycles. The fourth-order valence-corrected chi connectivity index (χ4v) is 5.20. The van der Waals surface area contributed by atoms with Gasteiger partial charge in [0.05, 0.1) is 31.6 Å². The molecule has 1 aromatic heterocycles. The fourth-order valence-electron chi connectivity index (χ4n) is 5.03. The minimum Gasteiger partial charge on any atom is -0.493 e. The summed E-state index contributed by atoms with van der Waals surface area (Å²) in [4.78, 5) is 37.8. The van der Waals surface area contributed by atoms with E-state index in [0.29, 0.717) is 62.0 Å². The van der Waals surface area contributed by atoms with E-state index in [4.69, 9.17) is 26.2 Å². The van der Waals surface area contributed by atoms with Crippen molar-refractivity contribution in [2.75, 3.05) is 36.5 Å². The molecule has 3 N–H and O–H groups in total. The van der Waals surface area contributed by atoms with E-state index in [1.54, 1.807) is 34.0 Å². The number of halogens is 1. The first-order valence-electron chi connectivity index (χ1n) is 14.6. The van der Waals surface area contributed by atoms with Crippen LogP contribution >= 0.6 is 11.6 Å². The Morgan fingerprint density at radius 1 is 1.11 bits per heavy atom. The molecule has 0 bridgehead atoms. The van der Waals surface area contributed by atoms with E-state index in [2.05, 4.69) is 15.7 Å². The highest BCUT2D eigenvalue weighted by atomic mass is 35.5. The number of nitrogens with zero attached hydrogens (tertiary/aromatic N) is 3. The third-order valence-corrected chi connectivity index (χ3v) is 7.65. The van der Waals surface area contributed by atoms with Crippen LogP contribution in [0.25, 0.3) is 11.1 Å². The Labute approximate surface area is 265 Å². The van der Waals surface area contributed by atoms with Crippen LogP contribution in [0.2, 0.25) is 5.02 Å². The molecule has 4 aromatic rings. The van der Waals surface area contributed by atoms with Crippen LogP contribution in [0, 0.1) is 6.92 Å². The van der Waals surface area contributed by atoms with Gasteiger partial charge in [-0.3, -0.25) is 14.3 Å². The van der Waals surface area contributed by atoms with Gasteiger partial charge in [-0.2, -0.15) is 5.10 Å². The molecule has 0 unspecified atom stereocenters. The Balaban J connectivity index is 1.24. The summed E-state index contributed by atoms with van der Waals surface area (Å²) in [7, 11) is 0. The summed E-state index contributed by atoms with van der Waals surface area (Å²) < 4.78 is 13.8. The highest BCUT2D eigenvalue weighted by Gasteiger charge is 2.25. The van der Waals surface area contributed by atoms with Gasteiger partial charge in [0.1, 0.15) is 12.3 Å². The number of aliphatic carboxylic acids is 1. The monoisotopic (exact) mass is 631 g/mol. The van der Waals surface area contributed by atoms with Crippen molar-refractivity contribution in [1.82, 2.24) is 15.1 Å². The lowest BCUT2D eigenvalue weighted by molar-refractivity contribution is -0.135. The molecule has 2 heterocycles. The quantitative estimate of drug-likeness (QED) is 0.180. The second-order valence-electron chi connectivity index (χ2n) is 10.5. The van der Waals surface area contributed by atoms with Crippen LogP contribution in [0.1, 0.15) is 30.4 Å². The number of carbonyl (C=O) groups is 3. The van der Waals surface area contributed by atoms with Crippen molar-refractivity contribution in [2.24, 2.45) is 0 Å². The number of anilines is 2. The smallest absolute Gasteiger partial charge is 0.323 e. The molecule has 0 radical (unpaired) electrons. The first kappa shape index (κ1) is 31.4. The Bertz CT molecular complexity index is 1690. The maximum absolute atomic E-state index is 13.4. The number of para-hydroxylation sites is 1. The third kappa shape index (κ3) is 8.12. The molecule has 3 amide bonds. The van der Waals surface area contributed by atoms with Crippen molar-refractivity contribution in [2.45, 2.75) is 32.7 Å². The third-order valence-electron chi connectivity index (χ3n) is 7.24. The van der Waals surface area contributed by atoms with Gasteiger partial charge in [0.2, 0.25) is 5.91 Å². The summed E-state index contributed by atoms with van der Waals surface area (Å²) in [5, 5.41) is 18.8. The summed E-state index contributed by atoms with van der Waals surface area (Å²) in [5.74, 6) is 0.247. The molecule has 234 valence electrons. The number of nitrogens with one attached hydrogen (secondary N) is 2. The first-order chi connectivity index (χ1) is 21.8. The standard InChI is InChI=1S/C33H34ClN5O6/c1-22-27(34)10-4-12-29(22)44-15-5-13-30(40)39-14-6-16-45-32-26(9-3-11-28(32)39)24-18-36-38(21-24)20-23-7-2-8-25(17-23)37-33(43)35-19-31(41)42/h2-4,7-12,17-18,21H,5-6,13-16,19-20H2,1H3,(H,41,42)(H2,35,37,43). The molecule has 12 heteroatoms. The van der Waals surface area contributed by atoms with E-state index in [0.717, 1.165) is 33.7 Å². The zero-order chi connectivity index (χ0) is 31.8. The second kappa shape index (κ2) is 14.6. The van der Waals surface area contributed by atoms with Gasteiger partial charge in [-0.05, 0) is 55.7 Å². The van der Waals surface area contributed by atoms with Crippen molar-refractivity contribution in [3.05, 3.63) is 89.2 Å². The average molecular weight is 632 g/mol. The second-order valence-corrected chi connectivity index (χ2v) is 11.0. The highest BCUT2D eigenvalue weighted by Crippen LogP contribution is 2.40. The van der Waals surface area contributed by atoms with Crippen LogP contribution in [-0.2, 0) is 16.1 Å². The predicted octanol–water partition coefficient (Wildman–Crippen LogP) is 5.74. The molecule has 0 saturated heterocycles. The number of aromatic nitrogens is 2. The number of carboxylic acids is 1. The number of hydrogen-bond donors (Lipinski definition) is 3. The van der Waals surface area contributed by atoms with E-state index in [-0.39, 0.29) is 5.91 Å². The lowest BCUT2D eigenvalue weighted by atomic mass is 10.1. The Morgan fingerprint density at radius 3 is 2.78 bits per heavy atom. The SMILES string of the molecule is Cc1c(Cl)cccc1OCCCC(=O)N1CCCOc2c(-c3cnn(Cc4cccc(NC(=O)NCC(=O)O)c4)c3)cccc21. The molecule has 11 nitrogen and oxygen atoms in total. The summed E-state index contributed by atoms with van der Waals surface area (Å²) in [6.45, 7) is 3.31. The van der Waals surface area contributed by atoms with E-state index in [1.165, 1.54) is 0 Å². The van der Waals surface area contributed by atoms with Gasteiger partial charge in [0.15, 0.2) is 5.75 Å². The van der Waals surface area contributed by atoms with Crippen molar-refractivity contribution < 1.29 is 29.0 Å². The molecule has 3 aromatic carbocycles. The number of ether oxygens (including phenoxy) is 2. The van der Waals surface area contributed by atoms with Crippen LogP contribution in [0.5, 0.6) is 11.5 Å². The van der Waals surface area contributed by atoms with Gasteiger partial charge in [-0.25, -0.2) is 4.79 Å². The van der Waals surface area contributed by atoms with Gasteiger partial charge in [-0.1, -0.05) is 41.9 Å². The Kier molecular flexibility index (Phi) is 10.2. The van der Waals surface area contributed by atoms with Crippen LogP contribution in [0.3, 0.4) is 0 Å². The summed E-state index contributed by atoms with van der Waals surface area (Å²) in [5.41, 5.74) is 4.70. The lowest BCUT2D eigenvalue weighted by Crippen LogP contribution is -2.33. The van der Waals surface area contributed by atoms with Crippen LogP contribution < -0.4 is 25.0 Å². The van der Waals surface area contributed by atoms with E-state index in [1.807, 2.05) is 55.6 Å². The maximum Gasteiger partial charge on any atom is 0.323 e. The lowest BCUT2D eigenvalue weighted by Gasteiger charge is -2.23. The molecule has 45 heavy (non-hydrogen) atoms.